The zero-order valence-corrected chi connectivity index (χ0v) is 46.5. The van der Waals surface area contributed by atoms with E-state index in [-0.39, 0.29) is 81.2 Å². The predicted octanol–water partition coefficient (Wildman–Crippen LogP) is -1.24. The number of hydrogen-bond acceptors (Lipinski definition) is 15. The standard InChI is InChI=1S/C36H46I6N6O15/c1-14(53)47(31-27(39)21(33(60)43-4-16(55)10-49)25(37)22(28(31)40)34(61)44-5-17(56)11-50)8-19(58)9-48(15(2)54)32-29(41)23(35(62)45-6-18(57)12-51)26(38)24(30(32)42)36(63)46(3)7-20(59)13-52/h16-20,49-52,55-59H,4-13H2,1-3H3,(H,43,60)(H,44,61)(H,45,62)/t16-,17?,18?,19?,20?/m0/s1. The molecular weight excluding hydrogens is 1520 g/mol. The lowest BCUT2D eigenvalue weighted by atomic mass is 10.0. The average molecular weight is 1560 g/mol. The molecule has 27 heteroatoms. The van der Waals surface area contributed by atoms with E-state index in [0.29, 0.717) is 0 Å². The number of halogens is 6. The van der Waals surface area contributed by atoms with Crippen molar-refractivity contribution in [2.24, 2.45) is 0 Å². The van der Waals surface area contributed by atoms with Gasteiger partial charge in [-0.25, -0.2) is 0 Å². The lowest BCUT2D eigenvalue weighted by Gasteiger charge is -2.32. The summed E-state index contributed by atoms with van der Waals surface area (Å²) in [5.41, 5.74) is -0.455. The van der Waals surface area contributed by atoms with Gasteiger partial charge in [0.2, 0.25) is 11.8 Å². The highest BCUT2D eigenvalue weighted by Crippen LogP contribution is 2.40. The third-order valence-corrected chi connectivity index (χ3v) is 15.1. The van der Waals surface area contributed by atoms with E-state index in [1.54, 1.807) is 113 Å². The van der Waals surface area contributed by atoms with Crippen molar-refractivity contribution in [3.8, 4) is 0 Å². The molecule has 2 aromatic carbocycles. The molecule has 0 heterocycles. The summed E-state index contributed by atoms with van der Waals surface area (Å²) in [6.45, 7) is -2.99. The molecule has 0 aromatic heterocycles. The molecule has 21 nitrogen and oxygen atoms in total. The number of benzene rings is 2. The van der Waals surface area contributed by atoms with Gasteiger partial charge in [-0.15, -0.1) is 0 Å². The molecule has 0 spiro atoms. The highest BCUT2D eigenvalue weighted by molar-refractivity contribution is 14.1. The number of hydrogen-bond donors (Lipinski definition) is 12. The third kappa shape index (κ3) is 15.4. The molecular formula is C36H46I6N6O15. The van der Waals surface area contributed by atoms with Gasteiger partial charge in [0.1, 0.15) is 0 Å². The fraction of sp³-hybridized carbons (Fsp3) is 0.500. The molecule has 0 saturated heterocycles. The van der Waals surface area contributed by atoms with Gasteiger partial charge in [0, 0.05) is 54.2 Å². The van der Waals surface area contributed by atoms with Crippen LogP contribution in [0.15, 0.2) is 0 Å². The summed E-state index contributed by atoms with van der Waals surface area (Å²) < 4.78 is 0.723. The molecule has 63 heavy (non-hydrogen) atoms. The molecule has 6 amide bonds. The first-order valence-electron chi connectivity index (χ1n) is 18.3. The Morgan fingerprint density at radius 1 is 0.460 bits per heavy atom. The molecule has 12 N–H and O–H groups in total. The van der Waals surface area contributed by atoms with Gasteiger partial charge < -0.3 is 76.6 Å². The van der Waals surface area contributed by atoms with Gasteiger partial charge in [0.15, 0.2) is 0 Å². The molecule has 0 fully saturated rings. The van der Waals surface area contributed by atoms with Crippen LogP contribution in [0.2, 0.25) is 0 Å². The number of rotatable bonds is 22. The van der Waals surface area contributed by atoms with Crippen molar-refractivity contribution in [2.45, 2.75) is 44.4 Å². The Hall–Kier alpha value is -0.720. The van der Waals surface area contributed by atoms with Gasteiger partial charge in [-0.1, -0.05) is 0 Å². The Labute approximate surface area is 443 Å². The van der Waals surface area contributed by atoms with Crippen molar-refractivity contribution >= 4 is 182 Å². The van der Waals surface area contributed by atoms with Crippen LogP contribution in [0, 0.1) is 21.4 Å². The van der Waals surface area contributed by atoms with E-state index in [2.05, 4.69) is 16.0 Å². The molecule has 2 rings (SSSR count). The largest absolute Gasteiger partial charge is 0.394 e. The van der Waals surface area contributed by atoms with E-state index in [9.17, 15) is 74.7 Å². The van der Waals surface area contributed by atoms with Crippen LogP contribution in [-0.2, 0) is 9.59 Å². The van der Waals surface area contributed by atoms with Crippen molar-refractivity contribution in [3.63, 3.8) is 0 Å². The second-order valence-corrected chi connectivity index (χ2v) is 20.1. The minimum atomic E-state index is -1.62. The Kier molecular flexibility index (Phi) is 25.3. The highest BCUT2D eigenvalue weighted by atomic mass is 127. The van der Waals surface area contributed by atoms with Crippen LogP contribution in [0.4, 0.5) is 11.4 Å². The Morgan fingerprint density at radius 2 is 0.746 bits per heavy atom. The van der Waals surface area contributed by atoms with Crippen LogP contribution < -0.4 is 25.8 Å². The van der Waals surface area contributed by atoms with Crippen LogP contribution >= 0.6 is 136 Å². The maximum atomic E-state index is 14.0. The number of amides is 6. The quantitative estimate of drug-likeness (QED) is 0.0614. The fourth-order valence-corrected chi connectivity index (χ4v) is 15.0. The van der Waals surface area contributed by atoms with Crippen LogP contribution in [-0.4, -0.2) is 190 Å². The first kappa shape index (κ1) is 58.4. The lowest BCUT2D eigenvalue weighted by Crippen LogP contribution is -2.45. The van der Waals surface area contributed by atoms with E-state index < -0.39 is 105 Å². The number of aliphatic hydroxyl groups excluding tert-OH is 9. The molecule has 4 unspecified atom stereocenters. The smallest absolute Gasteiger partial charge is 0.255 e. The van der Waals surface area contributed by atoms with Crippen LogP contribution in [0.3, 0.4) is 0 Å². The van der Waals surface area contributed by atoms with E-state index in [1.165, 1.54) is 7.05 Å². The third-order valence-electron chi connectivity index (χ3n) is 8.74. The first-order valence-corrected chi connectivity index (χ1v) is 24.8. The Balaban J connectivity index is 2.87. The summed E-state index contributed by atoms with van der Waals surface area (Å²) >= 11 is 10.7. The molecule has 352 valence electrons. The average Bonchev–Trinajstić information content (AvgIpc) is 3.22. The van der Waals surface area contributed by atoms with Crippen molar-refractivity contribution < 1.29 is 74.7 Å². The zero-order chi connectivity index (χ0) is 48.2. The van der Waals surface area contributed by atoms with E-state index >= 15 is 0 Å². The number of nitrogens with one attached hydrogen (secondary N) is 3. The van der Waals surface area contributed by atoms with Crippen molar-refractivity contribution in [1.29, 1.82) is 0 Å². The zero-order valence-electron chi connectivity index (χ0n) is 33.5. The summed E-state index contributed by atoms with van der Waals surface area (Å²) in [7, 11) is 1.35. The van der Waals surface area contributed by atoms with Gasteiger partial charge >= 0.3 is 0 Å². The number of anilines is 2. The Morgan fingerprint density at radius 3 is 1.03 bits per heavy atom. The summed E-state index contributed by atoms with van der Waals surface area (Å²) in [5.74, 6) is -4.50. The number of nitrogens with zero attached hydrogens (tertiary/aromatic N) is 3. The summed E-state index contributed by atoms with van der Waals surface area (Å²) in [6.07, 6.45) is -6.94. The maximum Gasteiger partial charge on any atom is 0.255 e. The van der Waals surface area contributed by atoms with Crippen molar-refractivity contribution in [1.82, 2.24) is 20.9 Å². The van der Waals surface area contributed by atoms with E-state index in [0.717, 1.165) is 28.5 Å². The molecule has 2 aromatic rings. The first-order chi connectivity index (χ1) is 29.4. The second-order valence-electron chi connectivity index (χ2n) is 13.7. The molecule has 0 bridgehead atoms. The molecule has 0 saturated carbocycles. The van der Waals surface area contributed by atoms with Gasteiger partial charge in [0.25, 0.3) is 23.6 Å². The summed E-state index contributed by atoms with van der Waals surface area (Å²) in [6, 6.07) is 0. The fourth-order valence-electron chi connectivity index (χ4n) is 5.53. The number of carbonyl (C=O) groups is 6. The molecule has 0 aliphatic rings. The van der Waals surface area contributed by atoms with Gasteiger partial charge in [0.05, 0.1) is 118 Å². The molecule has 5 atom stereocenters. The topological polar surface area (TPSA) is 330 Å². The van der Waals surface area contributed by atoms with Gasteiger partial charge in [-0.05, 0) is 136 Å². The normalized spacial score (nSPS) is 13.6. The number of likely N-dealkylation sites (N-methyl/N-ethyl adjacent to an activating group) is 1. The van der Waals surface area contributed by atoms with Crippen molar-refractivity contribution in [3.05, 3.63) is 43.7 Å². The van der Waals surface area contributed by atoms with Crippen LogP contribution in [0.5, 0.6) is 0 Å². The van der Waals surface area contributed by atoms with E-state index in [1.807, 2.05) is 22.6 Å². The summed E-state index contributed by atoms with van der Waals surface area (Å²) in [4.78, 5) is 85.5. The molecule has 0 aliphatic carbocycles. The van der Waals surface area contributed by atoms with E-state index in [4.69, 9.17) is 0 Å². The highest BCUT2D eigenvalue weighted by Gasteiger charge is 2.36. The second kappa shape index (κ2) is 27.3. The van der Waals surface area contributed by atoms with Crippen molar-refractivity contribution in [2.75, 3.05) is 82.5 Å². The van der Waals surface area contributed by atoms with Crippen LogP contribution in [0.25, 0.3) is 0 Å². The Bertz CT molecular complexity index is 1980. The lowest BCUT2D eigenvalue weighted by molar-refractivity contribution is -0.117. The maximum absolute atomic E-state index is 14.0. The minimum absolute atomic E-state index is 0.00340. The predicted molar refractivity (Wildman–Crippen MR) is 278 cm³/mol. The molecule has 0 aliphatic heterocycles. The number of carbonyl (C=O) groups excluding carboxylic acids is 6. The van der Waals surface area contributed by atoms with Gasteiger partial charge in [-0.2, -0.15) is 0 Å². The monoisotopic (exact) mass is 1560 g/mol. The molecule has 0 radical (unpaired) electrons. The minimum Gasteiger partial charge on any atom is -0.394 e. The van der Waals surface area contributed by atoms with Crippen LogP contribution in [0.1, 0.15) is 55.3 Å². The number of aliphatic hydroxyl groups is 9. The SMILES string of the molecule is CC(=O)N(CC(O)CN(C(C)=O)c1c(I)c(C(=O)NCC(O)CO)c(I)c(C(=O)N(C)CC(O)CO)c1I)c1c(I)c(C(=O)NCC(O)CO)c(I)c(C(=O)NC[C@H](O)CO)c1I. The summed E-state index contributed by atoms with van der Waals surface area (Å²) in [5, 5.41) is 96.5. The van der Waals surface area contributed by atoms with Gasteiger partial charge in [-0.3, -0.25) is 28.8 Å².